The van der Waals surface area contributed by atoms with Crippen LogP contribution in [0.4, 0.5) is 0 Å². The molecule has 2 aromatic rings. The van der Waals surface area contributed by atoms with E-state index in [0.29, 0.717) is 12.5 Å². The van der Waals surface area contributed by atoms with Crippen molar-refractivity contribution >= 4 is 23.3 Å². The Labute approximate surface area is 165 Å². The number of aromatic nitrogens is 2. The van der Waals surface area contributed by atoms with Crippen molar-refractivity contribution in [3.63, 3.8) is 0 Å². The highest BCUT2D eigenvalue weighted by Crippen LogP contribution is 2.25. The summed E-state index contributed by atoms with van der Waals surface area (Å²) < 4.78 is 3.80. The molecule has 0 aliphatic rings. The number of rotatable bonds is 7. The number of carbonyl (C=O) groups is 2. The van der Waals surface area contributed by atoms with E-state index < -0.39 is 11.6 Å². The molecule has 1 N–H and O–H groups in total. The first kappa shape index (κ1) is 21.0. The van der Waals surface area contributed by atoms with Crippen LogP contribution >= 0.6 is 11.5 Å². The molecule has 7 heteroatoms. The Morgan fingerprint density at radius 3 is 2.37 bits per heavy atom. The van der Waals surface area contributed by atoms with E-state index in [0.717, 1.165) is 23.5 Å². The number of nitrogens with zero attached hydrogens (tertiary/aromatic N) is 3. The minimum Gasteiger partial charge on any atom is -0.349 e. The maximum atomic E-state index is 13.2. The van der Waals surface area contributed by atoms with Gasteiger partial charge in [-0.25, -0.2) is 0 Å². The molecule has 2 amide bonds. The average molecular weight is 389 g/mol. The summed E-state index contributed by atoms with van der Waals surface area (Å²) in [5.41, 5.74) is 0.645. The smallest absolute Gasteiger partial charge is 0.276 e. The molecule has 0 saturated heterocycles. The Morgan fingerprint density at radius 2 is 1.85 bits per heavy atom. The molecule has 0 aliphatic carbocycles. The highest BCUT2D eigenvalue weighted by atomic mass is 32.1. The lowest BCUT2D eigenvalue weighted by atomic mass is 10.00. The zero-order chi connectivity index (χ0) is 20.0. The number of hydrogen-bond acceptors (Lipinski definition) is 5. The fourth-order valence-electron chi connectivity index (χ4n) is 2.70. The zero-order valence-electron chi connectivity index (χ0n) is 16.6. The molecule has 0 unspecified atom stereocenters. The topological polar surface area (TPSA) is 75.2 Å². The summed E-state index contributed by atoms with van der Waals surface area (Å²) >= 11 is 1.13. The van der Waals surface area contributed by atoms with Gasteiger partial charge in [0.15, 0.2) is 5.69 Å². The minimum atomic E-state index is -0.724. The second-order valence-corrected chi connectivity index (χ2v) is 8.63. The van der Waals surface area contributed by atoms with E-state index in [2.05, 4.69) is 28.8 Å². The molecule has 1 aromatic heterocycles. The van der Waals surface area contributed by atoms with E-state index in [-0.39, 0.29) is 17.5 Å². The lowest BCUT2D eigenvalue weighted by Crippen LogP contribution is -2.49. The van der Waals surface area contributed by atoms with Crippen LogP contribution in [-0.4, -0.2) is 38.4 Å². The fourth-order valence-corrected chi connectivity index (χ4v) is 3.13. The van der Waals surface area contributed by atoms with E-state index in [9.17, 15) is 9.59 Å². The predicted octanol–water partition coefficient (Wildman–Crippen LogP) is 3.68. The Hall–Kier alpha value is -2.28. The molecule has 0 aliphatic heterocycles. The summed E-state index contributed by atoms with van der Waals surface area (Å²) in [6.07, 6.45) is 0.787. The van der Waals surface area contributed by atoms with Crippen LogP contribution in [0.25, 0.3) is 0 Å². The van der Waals surface area contributed by atoms with Gasteiger partial charge in [0, 0.05) is 17.5 Å². The molecule has 1 atom stereocenters. The third-order valence-corrected chi connectivity index (χ3v) is 4.47. The van der Waals surface area contributed by atoms with Crippen molar-refractivity contribution in [3.8, 4) is 0 Å². The third kappa shape index (κ3) is 6.13. The van der Waals surface area contributed by atoms with Gasteiger partial charge >= 0.3 is 0 Å². The zero-order valence-corrected chi connectivity index (χ0v) is 17.4. The van der Waals surface area contributed by atoms with Crippen molar-refractivity contribution < 1.29 is 9.59 Å². The number of carbonyl (C=O) groups excluding carboxylic acids is 2. The summed E-state index contributed by atoms with van der Waals surface area (Å²) in [5, 5.41) is 8.56. The lowest BCUT2D eigenvalue weighted by molar-refractivity contribution is -0.127. The molecular formula is C20H28N4O2S. The van der Waals surface area contributed by atoms with Gasteiger partial charge in [0.1, 0.15) is 6.04 Å². The monoisotopic (exact) mass is 388 g/mol. The van der Waals surface area contributed by atoms with Crippen molar-refractivity contribution in [2.75, 3.05) is 6.54 Å². The fraction of sp³-hybridized carbons (Fsp3) is 0.500. The number of nitrogens with one attached hydrogen (secondary N) is 1. The Kier molecular flexibility index (Phi) is 7.07. The van der Waals surface area contributed by atoms with Gasteiger partial charge in [-0.2, -0.15) is 0 Å². The van der Waals surface area contributed by atoms with Gasteiger partial charge in [-0.15, -0.1) is 5.10 Å². The first-order chi connectivity index (χ1) is 12.7. The van der Waals surface area contributed by atoms with Gasteiger partial charge in [-0.1, -0.05) is 48.7 Å². The van der Waals surface area contributed by atoms with Gasteiger partial charge in [-0.3, -0.25) is 9.59 Å². The number of hydrogen-bond donors (Lipinski definition) is 1. The van der Waals surface area contributed by atoms with Gasteiger partial charge in [0.25, 0.3) is 5.91 Å². The maximum Gasteiger partial charge on any atom is 0.276 e. The van der Waals surface area contributed by atoms with Crippen LogP contribution in [0.2, 0.25) is 0 Å². The Balaban J connectivity index is 2.44. The molecule has 0 bridgehead atoms. The van der Waals surface area contributed by atoms with Gasteiger partial charge in [-0.05, 0) is 50.2 Å². The lowest BCUT2D eigenvalue weighted by Gasteiger charge is -2.33. The highest BCUT2D eigenvalue weighted by Gasteiger charge is 2.34. The van der Waals surface area contributed by atoms with Crippen LogP contribution in [0, 0.1) is 5.92 Å². The van der Waals surface area contributed by atoms with Crippen molar-refractivity contribution in [1.29, 1.82) is 0 Å². The summed E-state index contributed by atoms with van der Waals surface area (Å²) in [4.78, 5) is 28.0. The first-order valence-electron chi connectivity index (χ1n) is 9.14. The molecule has 6 nitrogen and oxygen atoms in total. The molecule has 0 fully saturated rings. The standard InChI is InChI=1S/C20H28N4O2S/c1-14(2)11-12-24(19(26)16-13-27-23-22-16)17(15-9-7-6-8-10-15)18(25)21-20(3,4)5/h6-10,13-14,17H,11-12H2,1-5H3,(H,21,25)/t17-/m0/s1. The summed E-state index contributed by atoms with van der Waals surface area (Å²) in [5.74, 6) is -0.0766. The van der Waals surface area contributed by atoms with E-state index in [4.69, 9.17) is 0 Å². The van der Waals surface area contributed by atoms with Crippen molar-refractivity contribution in [2.45, 2.75) is 52.6 Å². The number of benzene rings is 1. The molecule has 146 valence electrons. The molecule has 1 aromatic carbocycles. The number of amides is 2. The van der Waals surface area contributed by atoms with Crippen LogP contribution in [0.5, 0.6) is 0 Å². The van der Waals surface area contributed by atoms with Crippen LogP contribution in [0.15, 0.2) is 35.7 Å². The van der Waals surface area contributed by atoms with Gasteiger partial charge in [0.05, 0.1) is 0 Å². The summed E-state index contributed by atoms with van der Waals surface area (Å²) in [6.45, 7) is 10.4. The van der Waals surface area contributed by atoms with Crippen LogP contribution < -0.4 is 5.32 Å². The van der Waals surface area contributed by atoms with Crippen molar-refractivity contribution in [3.05, 3.63) is 47.0 Å². The van der Waals surface area contributed by atoms with Crippen LogP contribution in [0.1, 0.15) is 63.1 Å². The second kappa shape index (κ2) is 9.08. The van der Waals surface area contributed by atoms with Crippen LogP contribution in [-0.2, 0) is 4.79 Å². The van der Waals surface area contributed by atoms with Gasteiger partial charge in [0.2, 0.25) is 5.91 Å². The first-order valence-corrected chi connectivity index (χ1v) is 9.97. The maximum absolute atomic E-state index is 13.2. The van der Waals surface area contributed by atoms with E-state index in [1.165, 1.54) is 0 Å². The van der Waals surface area contributed by atoms with E-state index in [1.807, 2.05) is 51.1 Å². The normalized spacial score (nSPS) is 12.7. The third-order valence-electron chi connectivity index (χ3n) is 3.96. The minimum absolute atomic E-state index is 0.200. The van der Waals surface area contributed by atoms with E-state index >= 15 is 0 Å². The predicted molar refractivity (Wildman–Crippen MR) is 107 cm³/mol. The molecule has 0 saturated carbocycles. The van der Waals surface area contributed by atoms with E-state index in [1.54, 1.807) is 10.3 Å². The Bertz CT molecular complexity index is 739. The molecule has 1 heterocycles. The molecule has 27 heavy (non-hydrogen) atoms. The van der Waals surface area contributed by atoms with Crippen molar-refractivity contribution in [2.24, 2.45) is 5.92 Å². The average Bonchev–Trinajstić information content (AvgIpc) is 3.11. The van der Waals surface area contributed by atoms with Gasteiger partial charge < -0.3 is 10.2 Å². The summed E-state index contributed by atoms with van der Waals surface area (Å²) in [7, 11) is 0. The molecule has 0 radical (unpaired) electrons. The largest absolute Gasteiger partial charge is 0.349 e. The SMILES string of the molecule is CC(C)CCN(C(=O)c1csnn1)[C@H](C(=O)NC(C)(C)C)c1ccccc1. The summed E-state index contributed by atoms with van der Waals surface area (Å²) in [6, 6.07) is 8.68. The molecule has 2 rings (SSSR count). The molecule has 0 spiro atoms. The molecular weight excluding hydrogens is 360 g/mol. The van der Waals surface area contributed by atoms with Crippen molar-refractivity contribution in [1.82, 2.24) is 19.8 Å². The quantitative estimate of drug-likeness (QED) is 0.785. The van der Waals surface area contributed by atoms with Crippen LogP contribution in [0.3, 0.4) is 0 Å². The second-order valence-electron chi connectivity index (χ2n) is 8.02. The Morgan fingerprint density at radius 1 is 1.19 bits per heavy atom. The highest BCUT2D eigenvalue weighted by molar-refractivity contribution is 7.03.